The average Bonchev–Trinajstić information content (AvgIpc) is 3.36. The Labute approximate surface area is 277 Å². The van der Waals surface area contributed by atoms with Crippen molar-refractivity contribution in [2.24, 2.45) is 11.8 Å². The summed E-state index contributed by atoms with van der Waals surface area (Å²) in [7, 11) is 0. The molecular formula is C32H43N3O13. The molecule has 48 heavy (non-hydrogen) atoms. The van der Waals surface area contributed by atoms with Gasteiger partial charge in [0.05, 0.1) is 11.6 Å². The topological polar surface area (TPSA) is 238 Å². The van der Waals surface area contributed by atoms with Crippen LogP contribution in [0.3, 0.4) is 0 Å². The first-order valence-electron chi connectivity index (χ1n) is 15.7. The number of rotatable bonds is 17. The summed E-state index contributed by atoms with van der Waals surface area (Å²) in [6.07, 6.45) is -5.23. The molecule has 264 valence electrons. The van der Waals surface area contributed by atoms with Gasteiger partial charge >= 0.3 is 11.9 Å². The lowest BCUT2D eigenvalue weighted by molar-refractivity contribution is -0.271. The predicted octanol–water partition coefficient (Wildman–Crippen LogP) is 0.223. The van der Waals surface area contributed by atoms with E-state index in [1.54, 1.807) is 6.92 Å². The zero-order valence-electron chi connectivity index (χ0n) is 27.0. The fourth-order valence-corrected chi connectivity index (χ4v) is 4.70. The molecule has 0 aliphatic carbocycles. The van der Waals surface area contributed by atoms with Gasteiger partial charge in [0.1, 0.15) is 30.7 Å². The van der Waals surface area contributed by atoms with Crippen molar-refractivity contribution in [2.75, 3.05) is 18.4 Å². The first-order valence-corrected chi connectivity index (χ1v) is 15.7. The van der Waals surface area contributed by atoms with Crippen molar-refractivity contribution in [1.29, 1.82) is 0 Å². The Morgan fingerprint density at radius 1 is 0.917 bits per heavy atom. The first kappa shape index (κ1) is 38.1. The lowest BCUT2D eigenvalue weighted by Crippen LogP contribution is -2.61. The van der Waals surface area contributed by atoms with Crippen LogP contribution < -0.4 is 15.4 Å². The first-order chi connectivity index (χ1) is 22.7. The quantitative estimate of drug-likeness (QED) is 0.0736. The Hall–Kier alpha value is -4.38. The van der Waals surface area contributed by atoms with Crippen molar-refractivity contribution >= 4 is 41.3 Å². The van der Waals surface area contributed by atoms with E-state index >= 15 is 0 Å². The second-order valence-corrected chi connectivity index (χ2v) is 11.9. The lowest BCUT2D eigenvalue weighted by atomic mass is 9.98. The molecule has 4 amide bonds. The molecule has 2 aliphatic rings. The summed E-state index contributed by atoms with van der Waals surface area (Å²) >= 11 is 0. The molecule has 0 spiro atoms. The summed E-state index contributed by atoms with van der Waals surface area (Å²) in [6.45, 7) is 5.60. The number of carboxylic acids is 1. The van der Waals surface area contributed by atoms with Crippen LogP contribution in [0.15, 0.2) is 30.4 Å². The van der Waals surface area contributed by atoms with Crippen molar-refractivity contribution in [1.82, 2.24) is 10.2 Å². The molecule has 0 aromatic heterocycles. The van der Waals surface area contributed by atoms with Crippen LogP contribution >= 0.6 is 0 Å². The average molecular weight is 678 g/mol. The monoisotopic (exact) mass is 677 g/mol. The van der Waals surface area contributed by atoms with Crippen molar-refractivity contribution in [3.8, 4) is 5.75 Å². The van der Waals surface area contributed by atoms with Crippen LogP contribution in [0.25, 0.3) is 0 Å². The number of anilines is 1. The zero-order valence-corrected chi connectivity index (χ0v) is 27.0. The summed E-state index contributed by atoms with van der Waals surface area (Å²) in [4.78, 5) is 73.3. The van der Waals surface area contributed by atoms with E-state index in [-0.39, 0.29) is 73.5 Å². The molecule has 3 rings (SSSR count). The van der Waals surface area contributed by atoms with Gasteiger partial charge in [-0.3, -0.25) is 28.9 Å². The van der Waals surface area contributed by atoms with Crippen LogP contribution in [-0.2, 0) is 44.8 Å². The highest BCUT2D eigenvalue weighted by Crippen LogP contribution is 2.31. The van der Waals surface area contributed by atoms with Crippen LogP contribution in [0, 0.1) is 11.8 Å². The van der Waals surface area contributed by atoms with E-state index in [4.69, 9.17) is 14.2 Å². The molecule has 1 fully saturated rings. The van der Waals surface area contributed by atoms with Gasteiger partial charge in [-0.05, 0) is 36.5 Å². The number of carboxylic acid groups (broad SMARTS) is 1. The van der Waals surface area contributed by atoms with E-state index in [0.29, 0.717) is 24.8 Å². The number of amides is 4. The number of nitrogens with zero attached hydrogens (tertiary/aromatic N) is 1. The van der Waals surface area contributed by atoms with E-state index in [9.17, 15) is 49.2 Å². The number of ether oxygens (including phenoxy) is 3. The second-order valence-electron chi connectivity index (χ2n) is 11.9. The Morgan fingerprint density at radius 3 is 2.25 bits per heavy atom. The molecule has 1 saturated heterocycles. The van der Waals surface area contributed by atoms with Gasteiger partial charge in [0.25, 0.3) is 11.8 Å². The summed E-state index contributed by atoms with van der Waals surface area (Å²) < 4.78 is 16.2. The minimum absolute atomic E-state index is 0.0114. The normalized spacial score (nSPS) is 22.8. The highest BCUT2D eigenvalue weighted by molar-refractivity contribution is 6.12. The fourth-order valence-electron chi connectivity index (χ4n) is 4.70. The molecule has 16 nitrogen and oxygen atoms in total. The molecule has 2 heterocycles. The number of hydrogen-bond donors (Lipinski definition) is 6. The van der Waals surface area contributed by atoms with Gasteiger partial charge in [0.15, 0.2) is 6.10 Å². The number of carbonyl (C=O) groups is 6. The minimum Gasteiger partial charge on any atom is -0.479 e. The zero-order chi connectivity index (χ0) is 35.5. The molecular weight excluding hydrogens is 634 g/mol. The fraction of sp³-hybridized carbons (Fsp3) is 0.562. The van der Waals surface area contributed by atoms with E-state index in [1.807, 2.05) is 13.8 Å². The van der Waals surface area contributed by atoms with Gasteiger partial charge in [0.2, 0.25) is 18.1 Å². The smallest absolute Gasteiger partial charge is 0.335 e. The second kappa shape index (κ2) is 17.7. The highest BCUT2D eigenvalue weighted by Gasteiger charge is 2.48. The number of unbranched alkanes of at least 4 members (excludes halogenated alkanes) is 2. The molecule has 0 saturated carbocycles. The van der Waals surface area contributed by atoms with E-state index in [1.165, 1.54) is 30.4 Å². The van der Waals surface area contributed by atoms with Crippen LogP contribution in [0.5, 0.6) is 5.75 Å². The summed E-state index contributed by atoms with van der Waals surface area (Å²) in [5.41, 5.74) is 0.485. The van der Waals surface area contributed by atoms with Crippen molar-refractivity contribution < 1.29 is 63.4 Å². The number of carbonyl (C=O) groups excluding carboxylic acids is 5. The SMILES string of the molecule is CC(C)[C@H](C)C(=O)OCc1ccc(O[C@@H]2O[C@H](C(=O)O)[C@@H](O)[C@H](O)[C@H]2O)c(NC(=O)CCNC(=O)CCCCCN2C(=O)C=CC2=O)c1. The highest BCUT2D eigenvalue weighted by atomic mass is 16.7. The molecule has 0 radical (unpaired) electrons. The van der Waals surface area contributed by atoms with Gasteiger partial charge in [-0.25, -0.2) is 4.79 Å². The maximum Gasteiger partial charge on any atom is 0.335 e. The number of imide groups is 1. The molecule has 1 aromatic carbocycles. The molecule has 6 N–H and O–H groups in total. The number of nitrogens with one attached hydrogen (secondary N) is 2. The third kappa shape index (κ3) is 10.6. The van der Waals surface area contributed by atoms with E-state index in [0.717, 1.165) is 4.90 Å². The molecule has 2 aliphatic heterocycles. The Balaban J connectivity index is 1.58. The molecule has 1 aromatic rings. The van der Waals surface area contributed by atoms with Crippen molar-refractivity contribution in [2.45, 2.75) is 90.2 Å². The van der Waals surface area contributed by atoms with Crippen LogP contribution in [0.1, 0.15) is 58.4 Å². The summed E-state index contributed by atoms with van der Waals surface area (Å²) in [5, 5.41) is 45.1. The van der Waals surface area contributed by atoms with E-state index in [2.05, 4.69) is 10.6 Å². The summed E-state index contributed by atoms with van der Waals surface area (Å²) in [5.74, 6) is -3.99. The maximum atomic E-state index is 12.9. The number of aliphatic carboxylic acids is 1. The Morgan fingerprint density at radius 2 is 1.60 bits per heavy atom. The van der Waals surface area contributed by atoms with Gasteiger partial charge in [0, 0.05) is 38.1 Å². The van der Waals surface area contributed by atoms with Gasteiger partial charge < -0.3 is 45.3 Å². The minimum atomic E-state index is -1.93. The summed E-state index contributed by atoms with van der Waals surface area (Å²) in [6, 6.07) is 4.31. The molecule has 16 heteroatoms. The number of benzene rings is 1. The molecule has 0 unspecified atom stereocenters. The number of aliphatic hydroxyl groups excluding tert-OH is 3. The van der Waals surface area contributed by atoms with Gasteiger partial charge in [-0.1, -0.05) is 33.3 Å². The van der Waals surface area contributed by atoms with Crippen molar-refractivity contribution in [3.63, 3.8) is 0 Å². The maximum absolute atomic E-state index is 12.9. The largest absolute Gasteiger partial charge is 0.479 e. The van der Waals surface area contributed by atoms with E-state index < -0.39 is 48.6 Å². The Kier molecular flexibility index (Phi) is 14.0. The van der Waals surface area contributed by atoms with Crippen molar-refractivity contribution in [3.05, 3.63) is 35.9 Å². The standard InChI is InChI=1S/C32H43N3O13/c1-17(2)18(3)31(45)46-16-19-8-9-21(47-32-28(42)26(40)27(41)29(48-32)30(43)44)20(15-19)34-23(37)12-13-33-22(36)7-5-4-6-14-35-24(38)10-11-25(35)39/h8-11,15,17-18,26-29,32,40-42H,4-7,12-14,16H2,1-3H3,(H,33,36)(H,34,37)(H,43,44)/t18-,26-,27-,28+,29-,32+/m0/s1. The lowest BCUT2D eigenvalue weighted by Gasteiger charge is -2.38. The third-order valence-electron chi connectivity index (χ3n) is 7.99. The third-order valence-corrected chi connectivity index (χ3v) is 7.99. The predicted molar refractivity (Wildman–Crippen MR) is 166 cm³/mol. The Bertz CT molecular complexity index is 1360. The van der Waals surface area contributed by atoms with Crippen LogP contribution in [-0.4, -0.2) is 105 Å². The van der Waals surface area contributed by atoms with Gasteiger partial charge in [-0.15, -0.1) is 0 Å². The number of hydrogen-bond acceptors (Lipinski definition) is 12. The van der Waals surface area contributed by atoms with Gasteiger partial charge in [-0.2, -0.15) is 0 Å². The number of aliphatic hydroxyl groups is 3. The number of esters is 1. The molecule has 0 bridgehead atoms. The van der Waals surface area contributed by atoms with Crippen LogP contribution in [0.4, 0.5) is 5.69 Å². The van der Waals surface area contributed by atoms with Crippen LogP contribution in [0.2, 0.25) is 0 Å². The molecule has 6 atom stereocenters.